The summed E-state index contributed by atoms with van der Waals surface area (Å²) in [6.07, 6.45) is 9.32. The summed E-state index contributed by atoms with van der Waals surface area (Å²) in [6.45, 7) is 4.75. The van der Waals surface area contributed by atoms with Crippen molar-refractivity contribution >= 4 is 33.6 Å². The Hall–Kier alpha value is -4.14. The highest BCUT2D eigenvalue weighted by molar-refractivity contribution is 6.00. The molecule has 2 saturated heterocycles. The lowest BCUT2D eigenvalue weighted by Gasteiger charge is -2.33. The van der Waals surface area contributed by atoms with Gasteiger partial charge in [0.25, 0.3) is 0 Å². The van der Waals surface area contributed by atoms with Crippen molar-refractivity contribution in [3.05, 3.63) is 51.9 Å². The molecule has 206 valence electrons. The van der Waals surface area contributed by atoms with Crippen LogP contribution < -0.4 is 20.7 Å². The molecule has 4 aromatic rings. The van der Waals surface area contributed by atoms with Crippen LogP contribution in [0.15, 0.2) is 29.2 Å². The predicted octanol–water partition coefficient (Wildman–Crippen LogP) is 2.73. The van der Waals surface area contributed by atoms with E-state index in [2.05, 4.69) is 43.0 Å². The number of hydrogen-bond donors (Lipinski definition) is 2. The second kappa shape index (κ2) is 10.4. The lowest BCUT2D eigenvalue weighted by molar-refractivity contribution is 0.311. The third kappa shape index (κ3) is 4.63. The maximum absolute atomic E-state index is 16.5. The summed E-state index contributed by atoms with van der Waals surface area (Å²) in [7, 11) is 4.00. The van der Waals surface area contributed by atoms with E-state index in [4.69, 9.17) is 11.4 Å². The fraction of sp³-hybridized carbons (Fsp3) is 0.379. The molecule has 2 N–H and O–H groups in total. The van der Waals surface area contributed by atoms with Crippen molar-refractivity contribution < 1.29 is 8.78 Å². The monoisotopic (exact) mass is 544 g/mol. The largest absolute Gasteiger partial charge is 0.357 e. The van der Waals surface area contributed by atoms with Crippen molar-refractivity contribution in [3.63, 3.8) is 0 Å². The van der Waals surface area contributed by atoms with Crippen LogP contribution in [0.2, 0.25) is 0 Å². The zero-order valence-electron chi connectivity index (χ0n) is 22.5. The third-order valence-electron chi connectivity index (χ3n) is 7.81. The molecule has 2 fully saturated rings. The van der Waals surface area contributed by atoms with E-state index in [1.807, 2.05) is 11.9 Å². The van der Waals surface area contributed by atoms with Crippen LogP contribution >= 0.6 is 0 Å². The minimum atomic E-state index is -0.719. The molecule has 2 aliphatic heterocycles. The summed E-state index contributed by atoms with van der Waals surface area (Å²) >= 11 is 0. The first-order valence-corrected chi connectivity index (χ1v) is 13.4. The molecule has 0 saturated carbocycles. The predicted molar refractivity (Wildman–Crippen MR) is 153 cm³/mol. The lowest BCUT2D eigenvalue weighted by Crippen LogP contribution is -2.45. The highest BCUT2D eigenvalue weighted by atomic mass is 19.1. The molecule has 2 aliphatic rings. The quantitative estimate of drug-likeness (QED) is 0.371. The van der Waals surface area contributed by atoms with E-state index in [1.54, 1.807) is 0 Å². The van der Waals surface area contributed by atoms with Gasteiger partial charge in [-0.2, -0.15) is 4.98 Å². The molecule has 3 aromatic heterocycles. The van der Waals surface area contributed by atoms with Crippen molar-refractivity contribution in [2.24, 2.45) is 0 Å². The van der Waals surface area contributed by atoms with E-state index < -0.39 is 17.2 Å². The Bertz CT molecular complexity index is 1700. The number of nitrogens with one attached hydrogen (secondary N) is 2. The number of likely N-dealkylation sites (N-methyl/N-ethyl adjacent to an activating group) is 2. The van der Waals surface area contributed by atoms with Gasteiger partial charge in [-0.3, -0.25) is 9.78 Å². The average Bonchev–Trinajstić information content (AvgIpc) is 3.46. The van der Waals surface area contributed by atoms with Gasteiger partial charge in [0.2, 0.25) is 11.5 Å². The first-order valence-electron chi connectivity index (χ1n) is 13.4. The van der Waals surface area contributed by atoms with Gasteiger partial charge in [0.1, 0.15) is 22.8 Å². The summed E-state index contributed by atoms with van der Waals surface area (Å²) < 4.78 is 31.2. The fourth-order valence-corrected chi connectivity index (χ4v) is 5.65. The molecule has 9 nitrogen and oxygen atoms in total. The molecule has 0 spiro atoms. The number of nitrogens with zero attached hydrogens (tertiary/aromatic N) is 6. The van der Waals surface area contributed by atoms with Crippen LogP contribution in [-0.4, -0.2) is 84.2 Å². The average molecular weight is 545 g/mol. The molecule has 6 rings (SSSR count). The summed E-state index contributed by atoms with van der Waals surface area (Å²) in [5.74, 6) is 1.99. The molecule has 1 atom stereocenters. The van der Waals surface area contributed by atoms with Gasteiger partial charge in [0, 0.05) is 69.0 Å². The highest BCUT2D eigenvalue weighted by Gasteiger charge is 2.26. The number of hydrogen-bond acceptors (Lipinski definition) is 8. The minimum Gasteiger partial charge on any atom is -0.357 e. The number of halogens is 2. The van der Waals surface area contributed by atoms with Gasteiger partial charge >= 0.3 is 0 Å². The van der Waals surface area contributed by atoms with Gasteiger partial charge < -0.3 is 25.0 Å². The normalized spacial score (nSPS) is 18.0. The maximum atomic E-state index is 16.5. The molecule has 0 aliphatic carbocycles. The van der Waals surface area contributed by atoms with Gasteiger partial charge in [0.15, 0.2) is 5.82 Å². The van der Waals surface area contributed by atoms with Gasteiger partial charge in [0.05, 0.1) is 16.5 Å². The Morgan fingerprint density at radius 3 is 2.73 bits per heavy atom. The van der Waals surface area contributed by atoms with Crippen LogP contribution in [0.25, 0.3) is 33.1 Å². The molecule has 5 heterocycles. The maximum Gasteiger partial charge on any atom is 0.249 e. The van der Waals surface area contributed by atoms with Crippen LogP contribution in [0.4, 0.5) is 20.5 Å². The number of terminal acetylenes is 1. The molecule has 40 heavy (non-hydrogen) atoms. The highest BCUT2D eigenvalue weighted by Crippen LogP contribution is 2.35. The van der Waals surface area contributed by atoms with Gasteiger partial charge in [-0.15, -0.1) is 6.42 Å². The molecular formula is C29H30F2N8O. The molecule has 0 amide bonds. The van der Waals surface area contributed by atoms with E-state index in [1.165, 1.54) is 24.4 Å². The number of aromatic nitrogens is 4. The second-order valence-corrected chi connectivity index (χ2v) is 10.5. The van der Waals surface area contributed by atoms with Gasteiger partial charge in [-0.1, -0.05) is 5.92 Å². The van der Waals surface area contributed by atoms with Crippen LogP contribution in [0.1, 0.15) is 18.4 Å². The number of anilines is 2. The summed E-state index contributed by atoms with van der Waals surface area (Å²) in [5.41, 5.74) is -0.195. The number of pyridine rings is 2. The molecule has 11 heteroatoms. The smallest absolute Gasteiger partial charge is 0.249 e. The first kappa shape index (κ1) is 26.1. The zero-order chi connectivity index (χ0) is 28.0. The lowest BCUT2D eigenvalue weighted by atomic mass is 9.99. The van der Waals surface area contributed by atoms with E-state index in [0.29, 0.717) is 48.3 Å². The summed E-state index contributed by atoms with van der Waals surface area (Å²) in [6, 6.07) is 4.09. The molecular weight excluding hydrogens is 514 g/mol. The molecule has 0 radical (unpaired) electrons. The Labute approximate surface area is 230 Å². The third-order valence-corrected chi connectivity index (χ3v) is 7.81. The number of rotatable bonds is 5. The van der Waals surface area contributed by atoms with Crippen LogP contribution in [0, 0.1) is 24.0 Å². The van der Waals surface area contributed by atoms with E-state index in [-0.39, 0.29) is 27.7 Å². The van der Waals surface area contributed by atoms with Crippen molar-refractivity contribution in [2.75, 3.05) is 63.2 Å². The number of H-pyrrole nitrogens is 1. The van der Waals surface area contributed by atoms with Gasteiger partial charge in [-0.25, -0.2) is 13.8 Å². The topological polar surface area (TPSA) is 93.3 Å². The van der Waals surface area contributed by atoms with E-state index in [9.17, 15) is 9.18 Å². The summed E-state index contributed by atoms with van der Waals surface area (Å²) in [5, 5.41) is 4.17. The van der Waals surface area contributed by atoms with Gasteiger partial charge in [-0.05, 0) is 38.6 Å². The Morgan fingerprint density at radius 2 is 2.00 bits per heavy atom. The number of piperazine rings is 1. The van der Waals surface area contributed by atoms with E-state index in [0.717, 1.165) is 32.5 Å². The fourth-order valence-electron chi connectivity index (χ4n) is 5.65. The van der Waals surface area contributed by atoms with Crippen LogP contribution in [-0.2, 0) is 0 Å². The Kier molecular flexibility index (Phi) is 6.82. The van der Waals surface area contributed by atoms with Crippen molar-refractivity contribution in [1.29, 1.82) is 0 Å². The van der Waals surface area contributed by atoms with E-state index >= 15 is 4.39 Å². The van der Waals surface area contributed by atoms with Crippen LogP contribution in [0.3, 0.4) is 0 Å². The standard InChI is InChI=1S/C29H30F2N8O/c1-4-18-21(30)7-8-22-24(18)19(14-23(40)34-22)26-25(31)27-20(15-33-26)28(38(3)16-17-6-5-9-32-17)36-29(35-27)39-12-10-37(2)11-13-39/h1,7-8,14-15,17,32H,5-6,9-13,16H2,2-3H3,(H,34,40)/t17-/m0/s1. The van der Waals surface area contributed by atoms with Crippen molar-refractivity contribution in [3.8, 4) is 23.6 Å². The Balaban J connectivity index is 1.56. The zero-order valence-corrected chi connectivity index (χ0v) is 22.5. The van der Waals surface area contributed by atoms with Crippen LogP contribution in [0.5, 0.6) is 0 Å². The second-order valence-electron chi connectivity index (χ2n) is 10.5. The summed E-state index contributed by atoms with van der Waals surface area (Å²) in [4.78, 5) is 35.5. The van der Waals surface area contributed by atoms with Crippen molar-refractivity contribution in [2.45, 2.75) is 18.9 Å². The Morgan fingerprint density at radius 1 is 1.20 bits per heavy atom. The van der Waals surface area contributed by atoms with Crippen molar-refractivity contribution in [1.82, 2.24) is 30.2 Å². The molecule has 1 aromatic carbocycles. The molecule has 0 bridgehead atoms. The number of aromatic amines is 1. The number of fused-ring (bicyclic) bond motifs is 2. The SMILES string of the molecule is C#Cc1c(F)ccc2[nH]c(=O)cc(-c3ncc4c(N(C)C[C@@H]5CCCN5)nc(N5CCN(C)CC5)nc4c3F)c12. The molecule has 0 unspecified atom stereocenters. The number of benzene rings is 1. The minimum absolute atomic E-state index is 0.0738. The first-order chi connectivity index (χ1) is 19.3.